The molecule has 4 fully saturated rings. The van der Waals surface area contributed by atoms with E-state index in [0.29, 0.717) is 29.6 Å². The molecule has 3 atom stereocenters. The largest absolute Gasteiger partial charge is 0.464 e. The molecule has 5 nitrogen and oxygen atoms in total. The molecule has 5 rings (SSSR count). The fourth-order valence-electron chi connectivity index (χ4n) is 4.37. The molecule has 1 aromatic rings. The lowest BCUT2D eigenvalue weighted by molar-refractivity contribution is -0.385. The maximum absolute atomic E-state index is 10.8. The number of non-ortho nitro benzene ring substituents is 1. The zero-order chi connectivity index (χ0) is 14.4. The summed E-state index contributed by atoms with van der Waals surface area (Å²) in [5, 5.41) is 10.8. The lowest BCUT2D eigenvalue weighted by atomic mass is 9.64. The van der Waals surface area contributed by atoms with Crippen LogP contribution in [0.25, 0.3) is 0 Å². The maximum atomic E-state index is 10.8. The van der Waals surface area contributed by atoms with Crippen LogP contribution in [0.2, 0.25) is 0 Å². The van der Waals surface area contributed by atoms with Crippen LogP contribution in [0.4, 0.5) is 5.69 Å². The minimum atomic E-state index is -0.398. The van der Waals surface area contributed by atoms with Crippen LogP contribution in [-0.4, -0.2) is 17.3 Å². The number of hydrogen-bond acceptors (Lipinski definition) is 4. The third-order valence-electron chi connectivity index (χ3n) is 5.25. The summed E-state index contributed by atoms with van der Waals surface area (Å²) in [6, 6.07) is 6.38. The molecule has 3 unspecified atom stereocenters. The molecular formula is C16H19NO4. The molecule has 2 heterocycles. The Labute approximate surface area is 123 Å². The SMILES string of the molecule is O=[N+]([O-])c1cccc(OC2OC3C4CCCC3CC2C4)c1. The number of rotatable bonds is 3. The number of hydrogen-bond donors (Lipinski definition) is 0. The number of nitrogens with zero attached hydrogens (tertiary/aromatic N) is 1. The third-order valence-corrected chi connectivity index (χ3v) is 5.25. The first kappa shape index (κ1) is 13.1. The molecular weight excluding hydrogens is 270 g/mol. The predicted octanol–water partition coefficient (Wildman–Crippen LogP) is 3.52. The van der Waals surface area contributed by atoms with Crippen LogP contribution >= 0.6 is 0 Å². The first-order valence-corrected chi connectivity index (χ1v) is 7.77. The Morgan fingerprint density at radius 2 is 1.95 bits per heavy atom. The van der Waals surface area contributed by atoms with E-state index < -0.39 is 4.92 Å². The molecule has 4 bridgehead atoms. The van der Waals surface area contributed by atoms with E-state index in [1.54, 1.807) is 12.1 Å². The Balaban J connectivity index is 1.49. The molecule has 21 heavy (non-hydrogen) atoms. The smallest absolute Gasteiger partial charge is 0.273 e. The zero-order valence-corrected chi connectivity index (χ0v) is 11.8. The Bertz CT molecular complexity index is 547. The lowest BCUT2D eigenvalue weighted by Gasteiger charge is -2.53. The van der Waals surface area contributed by atoms with Crippen LogP contribution in [0.1, 0.15) is 32.1 Å². The van der Waals surface area contributed by atoms with Crippen LogP contribution < -0.4 is 4.74 Å². The van der Waals surface area contributed by atoms with E-state index in [9.17, 15) is 10.1 Å². The quantitative estimate of drug-likeness (QED) is 0.631. The van der Waals surface area contributed by atoms with Crippen LogP contribution in [-0.2, 0) is 4.74 Å². The number of benzene rings is 1. The summed E-state index contributed by atoms with van der Waals surface area (Å²) < 4.78 is 12.1. The second-order valence-corrected chi connectivity index (χ2v) is 6.52. The second-order valence-electron chi connectivity index (χ2n) is 6.52. The van der Waals surface area contributed by atoms with Gasteiger partial charge in [0, 0.05) is 12.0 Å². The van der Waals surface area contributed by atoms with Crippen molar-refractivity contribution in [3.63, 3.8) is 0 Å². The number of fused-ring (bicyclic) bond motifs is 1. The number of nitro groups is 1. The van der Waals surface area contributed by atoms with E-state index in [2.05, 4.69) is 0 Å². The molecule has 2 aliphatic heterocycles. The van der Waals surface area contributed by atoms with Gasteiger partial charge in [-0.05, 0) is 43.6 Å². The van der Waals surface area contributed by atoms with Crippen molar-refractivity contribution in [1.29, 1.82) is 0 Å². The molecule has 0 amide bonds. The van der Waals surface area contributed by atoms with Gasteiger partial charge in [-0.2, -0.15) is 0 Å². The first-order chi connectivity index (χ1) is 10.2. The second kappa shape index (κ2) is 4.98. The first-order valence-electron chi connectivity index (χ1n) is 7.77. The summed E-state index contributed by atoms with van der Waals surface area (Å²) >= 11 is 0. The van der Waals surface area contributed by atoms with Crippen molar-refractivity contribution in [3.05, 3.63) is 34.4 Å². The molecule has 0 aromatic heterocycles. The van der Waals surface area contributed by atoms with Crippen LogP contribution in [0.15, 0.2) is 24.3 Å². The molecule has 4 aliphatic rings. The molecule has 0 radical (unpaired) electrons. The van der Waals surface area contributed by atoms with Gasteiger partial charge in [0.1, 0.15) is 5.75 Å². The van der Waals surface area contributed by atoms with E-state index in [0.717, 1.165) is 0 Å². The van der Waals surface area contributed by atoms with Gasteiger partial charge in [0.2, 0.25) is 6.29 Å². The van der Waals surface area contributed by atoms with Gasteiger partial charge in [-0.1, -0.05) is 12.5 Å². The zero-order valence-electron chi connectivity index (χ0n) is 11.8. The van der Waals surface area contributed by atoms with Gasteiger partial charge in [-0.25, -0.2) is 0 Å². The third kappa shape index (κ3) is 2.29. The minimum absolute atomic E-state index is 0.0605. The number of nitro benzene ring substituents is 1. The summed E-state index contributed by atoms with van der Waals surface area (Å²) in [5.74, 6) is 2.37. The standard InChI is InChI=1S/C16H19NO4/c18-17(19)13-5-2-6-14(9-13)20-16-12-7-10-3-1-4-11(8-12)15(10)21-16/h2,5-6,9-12,15-16H,1,3-4,7-8H2. The summed E-state index contributed by atoms with van der Waals surface area (Å²) in [6.07, 6.45) is 6.36. The Hall–Kier alpha value is -1.62. The average Bonchev–Trinajstić information content (AvgIpc) is 2.47. The molecule has 1 aromatic carbocycles. The molecule has 0 N–H and O–H groups in total. The highest BCUT2D eigenvalue weighted by Gasteiger charge is 2.50. The van der Waals surface area contributed by atoms with Crippen molar-refractivity contribution >= 4 is 5.69 Å². The van der Waals surface area contributed by atoms with Gasteiger partial charge < -0.3 is 9.47 Å². The molecule has 2 saturated carbocycles. The summed E-state index contributed by atoms with van der Waals surface area (Å²) in [5.41, 5.74) is 0.0605. The topological polar surface area (TPSA) is 61.6 Å². The van der Waals surface area contributed by atoms with Crippen molar-refractivity contribution in [2.45, 2.75) is 44.5 Å². The number of ether oxygens (including phenoxy) is 2. The summed E-state index contributed by atoms with van der Waals surface area (Å²) in [6.45, 7) is 0. The lowest BCUT2D eigenvalue weighted by Crippen LogP contribution is -2.54. The highest BCUT2D eigenvalue weighted by molar-refractivity contribution is 5.38. The van der Waals surface area contributed by atoms with Gasteiger partial charge in [-0.3, -0.25) is 10.1 Å². The van der Waals surface area contributed by atoms with E-state index in [4.69, 9.17) is 9.47 Å². The van der Waals surface area contributed by atoms with Crippen LogP contribution in [0, 0.1) is 27.9 Å². The molecule has 112 valence electrons. The fraction of sp³-hybridized carbons (Fsp3) is 0.625. The van der Waals surface area contributed by atoms with Gasteiger partial charge in [0.25, 0.3) is 5.69 Å². The molecule has 5 heteroatoms. The van der Waals surface area contributed by atoms with Crippen LogP contribution in [0.5, 0.6) is 5.75 Å². The van der Waals surface area contributed by atoms with Gasteiger partial charge in [0.05, 0.1) is 17.1 Å². The predicted molar refractivity (Wildman–Crippen MR) is 75.9 cm³/mol. The summed E-state index contributed by atoms with van der Waals surface area (Å²) in [7, 11) is 0. The van der Waals surface area contributed by atoms with Crippen molar-refractivity contribution in [2.75, 3.05) is 0 Å². The highest BCUT2D eigenvalue weighted by Crippen LogP contribution is 2.50. The van der Waals surface area contributed by atoms with Crippen molar-refractivity contribution in [3.8, 4) is 5.75 Å². The van der Waals surface area contributed by atoms with E-state index in [1.165, 1.54) is 44.2 Å². The molecule has 2 aliphatic carbocycles. The van der Waals surface area contributed by atoms with Gasteiger partial charge in [0.15, 0.2) is 0 Å². The Morgan fingerprint density at radius 3 is 2.62 bits per heavy atom. The van der Waals surface area contributed by atoms with Gasteiger partial charge in [-0.15, -0.1) is 0 Å². The monoisotopic (exact) mass is 289 g/mol. The maximum Gasteiger partial charge on any atom is 0.273 e. The van der Waals surface area contributed by atoms with E-state index in [-0.39, 0.29) is 12.0 Å². The molecule has 0 spiro atoms. The average molecular weight is 289 g/mol. The summed E-state index contributed by atoms with van der Waals surface area (Å²) in [4.78, 5) is 10.4. The Kier molecular flexibility index (Phi) is 3.10. The van der Waals surface area contributed by atoms with Crippen molar-refractivity contribution < 1.29 is 14.4 Å². The molecule has 2 saturated heterocycles. The van der Waals surface area contributed by atoms with Gasteiger partial charge >= 0.3 is 0 Å². The van der Waals surface area contributed by atoms with Crippen molar-refractivity contribution in [1.82, 2.24) is 0 Å². The normalized spacial score (nSPS) is 37.2. The Morgan fingerprint density at radius 1 is 1.19 bits per heavy atom. The van der Waals surface area contributed by atoms with Crippen molar-refractivity contribution in [2.24, 2.45) is 17.8 Å². The highest BCUT2D eigenvalue weighted by atomic mass is 16.7. The minimum Gasteiger partial charge on any atom is -0.464 e. The van der Waals surface area contributed by atoms with E-state index >= 15 is 0 Å². The van der Waals surface area contributed by atoms with E-state index in [1.807, 2.05) is 0 Å². The van der Waals surface area contributed by atoms with Crippen LogP contribution in [0.3, 0.4) is 0 Å². The fourth-order valence-corrected chi connectivity index (χ4v) is 4.37.